The summed E-state index contributed by atoms with van der Waals surface area (Å²) in [4.78, 5) is 51.8. The lowest BCUT2D eigenvalue weighted by molar-refractivity contribution is -0.141. The zero-order valence-electron chi connectivity index (χ0n) is 16.4. The van der Waals surface area contributed by atoms with Crippen molar-refractivity contribution in [2.24, 2.45) is 0 Å². The molecule has 2 aromatic rings. The molecule has 0 bridgehead atoms. The van der Waals surface area contributed by atoms with E-state index in [4.69, 9.17) is 9.47 Å². The van der Waals surface area contributed by atoms with E-state index in [1.54, 1.807) is 54.4 Å². The number of ether oxygens (including phenoxy) is 2. The summed E-state index contributed by atoms with van der Waals surface area (Å²) < 4.78 is 10.7. The first-order valence-corrected chi connectivity index (χ1v) is 9.54. The molecule has 8 heteroatoms. The Labute approximate surface area is 173 Å². The third-order valence-electron chi connectivity index (χ3n) is 5.16. The largest absolute Gasteiger partial charge is 0.491 e. The molecule has 0 spiro atoms. The third kappa shape index (κ3) is 3.76. The van der Waals surface area contributed by atoms with Crippen LogP contribution < -0.4 is 14.5 Å². The summed E-state index contributed by atoms with van der Waals surface area (Å²) in [5.74, 6) is -0.837. The van der Waals surface area contributed by atoms with Crippen molar-refractivity contribution < 1.29 is 28.7 Å². The average Bonchev–Trinajstić information content (AvgIpc) is 2.93. The minimum Gasteiger partial charge on any atom is -0.491 e. The molecule has 30 heavy (non-hydrogen) atoms. The van der Waals surface area contributed by atoms with E-state index in [9.17, 15) is 19.2 Å². The van der Waals surface area contributed by atoms with Crippen LogP contribution in [0.3, 0.4) is 0 Å². The van der Waals surface area contributed by atoms with E-state index in [0.717, 1.165) is 11.3 Å². The SMILES string of the molecule is CN1C(=O)Cc2cc(C(=O)COC(=O)CN3C(=O)CCOc4ccccc43)ccc21. The van der Waals surface area contributed by atoms with Gasteiger partial charge in [0, 0.05) is 18.3 Å². The van der Waals surface area contributed by atoms with Crippen LogP contribution in [0, 0.1) is 0 Å². The lowest BCUT2D eigenvalue weighted by Crippen LogP contribution is -2.36. The maximum atomic E-state index is 12.4. The molecule has 2 aromatic carbocycles. The van der Waals surface area contributed by atoms with Crippen LogP contribution in [0.25, 0.3) is 0 Å². The Morgan fingerprint density at radius 1 is 1.07 bits per heavy atom. The van der Waals surface area contributed by atoms with Gasteiger partial charge in [-0.2, -0.15) is 0 Å². The summed E-state index contributed by atoms with van der Waals surface area (Å²) in [5, 5.41) is 0. The first-order valence-electron chi connectivity index (χ1n) is 9.54. The fourth-order valence-corrected chi connectivity index (χ4v) is 3.54. The van der Waals surface area contributed by atoms with Crippen LogP contribution in [0.2, 0.25) is 0 Å². The van der Waals surface area contributed by atoms with Crippen molar-refractivity contribution in [3.8, 4) is 5.75 Å². The van der Waals surface area contributed by atoms with Crippen LogP contribution >= 0.6 is 0 Å². The zero-order valence-corrected chi connectivity index (χ0v) is 16.4. The number of hydrogen-bond donors (Lipinski definition) is 0. The minimum absolute atomic E-state index is 0.0348. The Morgan fingerprint density at radius 2 is 1.87 bits per heavy atom. The molecule has 0 aromatic heterocycles. The van der Waals surface area contributed by atoms with Gasteiger partial charge < -0.3 is 14.4 Å². The maximum Gasteiger partial charge on any atom is 0.326 e. The molecule has 2 aliphatic rings. The predicted octanol–water partition coefficient (Wildman–Crippen LogP) is 1.75. The summed E-state index contributed by atoms with van der Waals surface area (Å²) in [7, 11) is 1.69. The van der Waals surface area contributed by atoms with Gasteiger partial charge in [-0.1, -0.05) is 12.1 Å². The van der Waals surface area contributed by atoms with Gasteiger partial charge in [0.25, 0.3) is 0 Å². The van der Waals surface area contributed by atoms with Crippen molar-refractivity contribution in [2.45, 2.75) is 12.8 Å². The van der Waals surface area contributed by atoms with Gasteiger partial charge in [-0.25, -0.2) is 0 Å². The van der Waals surface area contributed by atoms with Gasteiger partial charge in [0.15, 0.2) is 12.4 Å². The highest BCUT2D eigenvalue weighted by molar-refractivity contribution is 6.04. The number of benzene rings is 2. The van der Waals surface area contributed by atoms with E-state index in [0.29, 0.717) is 17.0 Å². The highest BCUT2D eigenvalue weighted by Crippen LogP contribution is 2.31. The number of para-hydroxylation sites is 2. The highest BCUT2D eigenvalue weighted by atomic mass is 16.5. The Hall–Kier alpha value is -3.68. The topological polar surface area (TPSA) is 93.2 Å². The van der Waals surface area contributed by atoms with Crippen molar-refractivity contribution in [1.82, 2.24) is 0 Å². The first kappa shape index (κ1) is 19.6. The highest BCUT2D eigenvalue weighted by Gasteiger charge is 2.27. The molecule has 2 aliphatic heterocycles. The molecule has 2 heterocycles. The van der Waals surface area contributed by atoms with Crippen LogP contribution in [0.1, 0.15) is 22.3 Å². The summed E-state index contributed by atoms with van der Waals surface area (Å²) in [6, 6.07) is 11.9. The molecule has 0 saturated carbocycles. The predicted molar refractivity (Wildman–Crippen MR) is 108 cm³/mol. The molecular weight excluding hydrogens is 388 g/mol. The molecule has 4 rings (SSSR count). The van der Waals surface area contributed by atoms with Gasteiger partial charge >= 0.3 is 5.97 Å². The fourth-order valence-electron chi connectivity index (χ4n) is 3.54. The molecule has 0 aliphatic carbocycles. The third-order valence-corrected chi connectivity index (χ3v) is 5.16. The van der Waals surface area contributed by atoms with Crippen LogP contribution in [0.4, 0.5) is 11.4 Å². The lowest BCUT2D eigenvalue weighted by atomic mass is 10.1. The smallest absolute Gasteiger partial charge is 0.326 e. The Kier molecular flexibility index (Phi) is 5.22. The second-order valence-electron chi connectivity index (χ2n) is 7.10. The number of esters is 1. The molecule has 0 unspecified atom stereocenters. The second-order valence-corrected chi connectivity index (χ2v) is 7.10. The molecule has 0 fully saturated rings. The molecule has 8 nitrogen and oxygen atoms in total. The van der Waals surface area contributed by atoms with E-state index in [1.165, 1.54) is 4.90 Å². The Balaban J connectivity index is 1.39. The number of amides is 2. The fraction of sp³-hybridized carbons (Fsp3) is 0.273. The Bertz CT molecular complexity index is 1050. The molecular formula is C22H20N2O6. The molecule has 0 radical (unpaired) electrons. The molecule has 0 saturated heterocycles. The van der Waals surface area contributed by atoms with Crippen molar-refractivity contribution >= 4 is 34.9 Å². The van der Waals surface area contributed by atoms with E-state index < -0.39 is 12.6 Å². The lowest BCUT2D eigenvalue weighted by Gasteiger charge is -2.20. The van der Waals surface area contributed by atoms with Gasteiger partial charge in [-0.3, -0.25) is 24.1 Å². The monoisotopic (exact) mass is 408 g/mol. The minimum atomic E-state index is -0.690. The second kappa shape index (κ2) is 7.98. The standard InChI is InChI=1S/C22H20N2O6/c1-23-16-7-6-14(10-15(16)11-21(23)27)18(25)13-30-22(28)12-24-17-4-2-3-5-19(17)29-9-8-20(24)26/h2-7,10H,8-9,11-13H2,1H3. The van der Waals surface area contributed by atoms with Gasteiger partial charge in [0.1, 0.15) is 12.3 Å². The quantitative estimate of drug-likeness (QED) is 0.553. The number of ketones is 1. The van der Waals surface area contributed by atoms with Crippen LogP contribution in [0.15, 0.2) is 42.5 Å². The van der Waals surface area contributed by atoms with Gasteiger partial charge in [-0.15, -0.1) is 0 Å². The van der Waals surface area contributed by atoms with E-state index >= 15 is 0 Å². The summed E-state index contributed by atoms with van der Waals surface area (Å²) >= 11 is 0. The van der Waals surface area contributed by atoms with Crippen LogP contribution in [0.5, 0.6) is 5.75 Å². The molecule has 0 atom stereocenters. The van der Waals surface area contributed by atoms with Gasteiger partial charge in [0.05, 0.1) is 25.1 Å². The van der Waals surface area contributed by atoms with Crippen molar-refractivity contribution in [1.29, 1.82) is 0 Å². The average molecular weight is 408 g/mol. The van der Waals surface area contributed by atoms with E-state index in [1.807, 2.05) is 0 Å². The van der Waals surface area contributed by atoms with Crippen molar-refractivity contribution in [3.05, 3.63) is 53.6 Å². The number of carbonyl (C=O) groups excluding carboxylic acids is 4. The summed E-state index contributed by atoms with van der Waals surface area (Å²) in [5.41, 5.74) is 2.41. The van der Waals surface area contributed by atoms with Crippen LogP contribution in [-0.4, -0.2) is 50.4 Å². The normalized spacial score (nSPS) is 15.2. The number of carbonyl (C=O) groups is 4. The number of rotatable bonds is 5. The number of anilines is 2. The van der Waals surface area contributed by atoms with E-state index in [-0.39, 0.29) is 43.6 Å². The van der Waals surface area contributed by atoms with Crippen LogP contribution in [-0.2, 0) is 25.5 Å². The summed E-state index contributed by atoms with van der Waals surface area (Å²) in [6.07, 6.45) is 0.383. The Morgan fingerprint density at radius 3 is 2.70 bits per heavy atom. The number of nitrogens with zero attached hydrogens (tertiary/aromatic N) is 2. The van der Waals surface area contributed by atoms with Crippen molar-refractivity contribution in [3.63, 3.8) is 0 Å². The summed E-state index contributed by atoms with van der Waals surface area (Å²) in [6.45, 7) is -0.520. The van der Waals surface area contributed by atoms with Crippen molar-refractivity contribution in [2.75, 3.05) is 36.6 Å². The number of fused-ring (bicyclic) bond motifs is 2. The number of likely N-dealkylation sites (N-methyl/N-ethyl adjacent to an activating group) is 1. The van der Waals surface area contributed by atoms with E-state index in [2.05, 4.69) is 0 Å². The number of Topliss-reactive ketones (excluding diaryl/α,β-unsaturated/α-hetero) is 1. The first-order chi connectivity index (χ1) is 14.4. The number of hydrogen-bond acceptors (Lipinski definition) is 6. The molecule has 154 valence electrons. The maximum absolute atomic E-state index is 12.4. The van der Waals surface area contributed by atoms with Gasteiger partial charge in [0.2, 0.25) is 11.8 Å². The molecule has 0 N–H and O–H groups in total. The zero-order chi connectivity index (χ0) is 21.3. The van der Waals surface area contributed by atoms with Gasteiger partial charge in [-0.05, 0) is 35.9 Å². The molecule has 2 amide bonds.